The Kier molecular flexibility index (Phi) is 4.71. The van der Waals surface area contributed by atoms with E-state index in [1.807, 2.05) is 24.3 Å². The lowest BCUT2D eigenvalue weighted by molar-refractivity contribution is 0.675. The Labute approximate surface area is 90.6 Å². The molecule has 0 spiro atoms. The number of hydrogen-bond acceptors (Lipinski definition) is 4. The topological polar surface area (TPSA) is 104 Å². The second-order valence-corrected chi connectivity index (χ2v) is 3.79. The standard InChI is InChI=1S/C11H20N4/c12-6-10(14)5-8-2-1-3-9(4-8)11(15)7-13/h1-4,10-11H,5-7,12-15H2. The van der Waals surface area contributed by atoms with Crippen LogP contribution < -0.4 is 22.9 Å². The van der Waals surface area contributed by atoms with E-state index in [0.29, 0.717) is 13.1 Å². The normalized spacial score (nSPS) is 14.9. The van der Waals surface area contributed by atoms with E-state index in [9.17, 15) is 0 Å². The minimum atomic E-state index is -0.0981. The minimum Gasteiger partial charge on any atom is -0.329 e. The Morgan fingerprint density at radius 3 is 2.40 bits per heavy atom. The summed E-state index contributed by atoms with van der Waals surface area (Å²) in [4.78, 5) is 0. The lowest BCUT2D eigenvalue weighted by Gasteiger charge is -2.13. The molecule has 0 aliphatic carbocycles. The largest absolute Gasteiger partial charge is 0.329 e. The molecule has 0 radical (unpaired) electrons. The number of hydrogen-bond donors (Lipinski definition) is 4. The van der Waals surface area contributed by atoms with Crippen LogP contribution in [0.3, 0.4) is 0 Å². The average molecular weight is 208 g/mol. The van der Waals surface area contributed by atoms with Gasteiger partial charge in [-0.05, 0) is 17.5 Å². The van der Waals surface area contributed by atoms with Crippen LogP contribution in [0.2, 0.25) is 0 Å². The van der Waals surface area contributed by atoms with Crippen LogP contribution in [0.1, 0.15) is 17.2 Å². The van der Waals surface area contributed by atoms with Crippen LogP contribution in [-0.2, 0) is 6.42 Å². The van der Waals surface area contributed by atoms with Gasteiger partial charge in [0.25, 0.3) is 0 Å². The van der Waals surface area contributed by atoms with E-state index in [-0.39, 0.29) is 12.1 Å². The van der Waals surface area contributed by atoms with E-state index in [1.54, 1.807) is 0 Å². The molecule has 0 heterocycles. The van der Waals surface area contributed by atoms with E-state index in [4.69, 9.17) is 22.9 Å². The van der Waals surface area contributed by atoms with Crippen molar-refractivity contribution in [2.24, 2.45) is 22.9 Å². The first-order chi connectivity index (χ1) is 7.17. The molecule has 4 heteroatoms. The van der Waals surface area contributed by atoms with Crippen molar-refractivity contribution >= 4 is 0 Å². The molecule has 1 rings (SSSR count). The first-order valence-electron chi connectivity index (χ1n) is 5.17. The third kappa shape index (κ3) is 3.60. The van der Waals surface area contributed by atoms with Crippen LogP contribution in [-0.4, -0.2) is 19.1 Å². The Balaban J connectivity index is 2.74. The molecule has 0 bridgehead atoms. The van der Waals surface area contributed by atoms with E-state index < -0.39 is 0 Å². The smallest absolute Gasteiger partial charge is 0.0419 e. The average Bonchev–Trinajstić information content (AvgIpc) is 2.28. The van der Waals surface area contributed by atoms with Crippen LogP contribution in [0, 0.1) is 0 Å². The fourth-order valence-corrected chi connectivity index (χ4v) is 1.47. The Morgan fingerprint density at radius 2 is 1.80 bits per heavy atom. The third-order valence-electron chi connectivity index (χ3n) is 2.43. The van der Waals surface area contributed by atoms with Crippen molar-refractivity contribution in [1.82, 2.24) is 0 Å². The number of benzene rings is 1. The fourth-order valence-electron chi connectivity index (χ4n) is 1.47. The molecule has 0 aliphatic heterocycles. The van der Waals surface area contributed by atoms with Gasteiger partial charge in [-0.1, -0.05) is 24.3 Å². The van der Waals surface area contributed by atoms with Gasteiger partial charge in [0.2, 0.25) is 0 Å². The number of rotatable bonds is 5. The predicted octanol–water partition coefficient (Wildman–Crippen LogP) is -0.526. The zero-order valence-electron chi connectivity index (χ0n) is 8.89. The molecule has 0 amide bonds. The fraction of sp³-hybridized carbons (Fsp3) is 0.455. The molecule has 8 N–H and O–H groups in total. The van der Waals surface area contributed by atoms with Crippen molar-refractivity contribution in [2.45, 2.75) is 18.5 Å². The van der Waals surface area contributed by atoms with Gasteiger partial charge >= 0.3 is 0 Å². The quantitative estimate of drug-likeness (QED) is 0.522. The number of nitrogens with two attached hydrogens (primary N) is 4. The summed E-state index contributed by atoms with van der Waals surface area (Å²) in [6.07, 6.45) is 0.779. The van der Waals surface area contributed by atoms with Gasteiger partial charge in [-0.25, -0.2) is 0 Å². The summed E-state index contributed by atoms with van der Waals surface area (Å²) in [7, 11) is 0. The predicted molar refractivity (Wildman–Crippen MR) is 63.2 cm³/mol. The van der Waals surface area contributed by atoms with E-state index in [1.165, 1.54) is 0 Å². The first-order valence-corrected chi connectivity index (χ1v) is 5.17. The molecule has 2 atom stereocenters. The molecule has 84 valence electrons. The summed E-state index contributed by atoms with van der Waals surface area (Å²) in [5.74, 6) is 0. The summed E-state index contributed by atoms with van der Waals surface area (Å²) in [6, 6.07) is 7.95. The van der Waals surface area contributed by atoms with Crippen molar-refractivity contribution in [3.8, 4) is 0 Å². The lowest BCUT2D eigenvalue weighted by Crippen LogP contribution is -2.31. The molecule has 0 saturated carbocycles. The van der Waals surface area contributed by atoms with Gasteiger partial charge in [-0.3, -0.25) is 0 Å². The molecule has 0 aromatic heterocycles. The second kappa shape index (κ2) is 5.82. The zero-order valence-corrected chi connectivity index (χ0v) is 8.89. The van der Waals surface area contributed by atoms with Gasteiger partial charge in [-0.15, -0.1) is 0 Å². The van der Waals surface area contributed by atoms with E-state index >= 15 is 0 Å². The maximum absolute atomic E-state index is 5.85. The van der Waals surface area contributed by atoms with E-state index in [2.05, 4.69) is 0 Å². The summed E-state index contributed by atoms with van der Waals surface area (Å²) >= 11 is 0. The Bertz CT molecular complexity index is 300. The highest BCUT2D eigenvalue weighted by atomic mass is 14.7. The van der Waals surface area contributed by atoms with Gasteiger partial charge in [0.05, 0.1) is 0 Å². The van der Waals surface area contributed by atoms with E-state index in [0.717, 1.165) is 17.5 Å². The van der Waals surface area contributed by atoms with Crippen LogP contribution in [0.4, 0.5) is 0 Å². The summed E-state index contributed by atoms with van der Waals surface area (Å²) in [5.41, 5.74) is 24.8. The monoisotopic (exact) mass is 208 g/mol. The molecule has 1 aromatic rings. The lowest BCUT2D eigenvalue weighted by atomic mass is 10.0. The highest BCUT2D eigenvalue weighted by Gasteiger charge is 2.06. The molecule has 0 aliphatic rings. The molecular formula is C11H20N4. The second-order valence-electron chi connectivity index (χ2n) is 3.79. The highest BCUT2D eigenvalue weighted by molar-refractivity contribution is 5.26. The molecular weight excluding hydrogens is 188 g/mol. The molecule has 4 nitrogen and oxygen atoms in total. The van der Waals surface area contributed by atoms with Crippen molar-refractivity contribution in [1.29, 1.82) is 0 Å². The van der Waals surface area contributed by atoms with Crippen LogP contribution in [0.15, 0.2) is 24.3 Å². The molecule has 0 fully saturated rings. The van der Waals surface area contributed by atoms with Gasteiger partial charge in [0.1, 0.15) is 0 Å². The summed E-state index contributed by atoms with van der Waals surface area (Å²) < 4.78 is 0. The molecule has 15 heavy (non-hydrogen) atoms. The van der Waals surface area contributed by atoms with Gasteiger partial charge in [-0.2, -0.15) is 0 Å². The van der Waals surface area contributed by atoms with Crippen molar-refractivity contribution in [2.75, 3.05) is 13.1 Å². The maximum Gasteiger partial charge on any atom is 0.0419 e. The maximum atomic E-state index is 5.85. The SMILES string of the molecule is NCC(N)Cc1cccc(C(N)CN)c1. The molecule has 1 aromatic carbocycles. The van der Waals surface area contributed by atoms with Crippen LogP contribution in [0.25, 0.3) is 0 Å². The van der Waals surface area contributed by atoms with Gasteiger partial charge < -0.3 is 22.9 Å². The molecule has 0 saturated heterocycles. The van der Waals surface area contributed by atoms with Crippen LogP contribution in [0.5, 0.6) is 0 Å². The van der Waals surface area contributed by atoms with Gasteiger partial charge in [0, 0.05) is 25.2 Å². The highest BCUT2D eigenvalue weighted by Crippen LogP contribution is 2.12. The Hall–Kier alpha value is -0.940. The minimum absolute atomic E-state index is 0.00866. The zero-order chi connectivity index (χ0) is 11.3. The van der Waals surface area contributed by atoms with Gasteiger partial charge in [0.15, 0.2) is 0 Å². The van der Waals surface area contributed by atoms with Crippen molar-refractivity contribution < 1.29 is 0 Å². The third-order valence-corrected chi connectivity index (χ3v) is 2.43. The van der Waals surface area contributed by atoms with Crippen LogP contribution >= 0.6 is 0 Å². The summed E-state index contributed by atoms with van der Waals surface area (Å²) in [6.45, 7) is 0.944. The molecule has 2 unspecified atom stereocenters. The Morgan fingerprint density at radius 1 is 1.07 bits per heavy atom. The first kappa shape index (κ1) is 12.1. The van der Waals surface area contributed by atoms with Crippen molar-refractivity contribution in [3.05, 3.63) is 35.4 Å². The van der Waals surface area contributed by atoms with Crippen molar-refractivity contribution in [3.63, 3.8) is 0 Å². The summed E-state index contributed by atoms with van der Waals surface area (Å²) in [5, 5.41) is 0.